The van der Waals surface area contributed by atoms with Crippen molar-refractivity contribution in [2.24, 2.45) is 0 Å². The Bertz CT molecular complexity index is 517. The summed E-state index contributed by atoms with van der Waals surface area (Å²) in [6.07, 6.45) is 3.67. The molecule has 88 valence electrons. The minimum atomic E-state index is -0.229. The van der Waals surface area contributed by atoms with E-state index in [-0.39, 0.29) is 5.91 Å². The summed E-state index contributed by atoms with van der Waals surface area (Å²) in [5, 5.41) is 2.68. The molecular formula is C12H13N3O2. The molecular weight excluding hydrogens is 218 g/mol. The SMILES string of the molecule is CCc1occc1C(=O)Nc1ccc(N)cn1. The van der Waals surface area contributed by atoms with Gasteiger partial charge in [0.25, 0.3) is 5.91 Å². The maximum atomic E-state index is 11.9. The van der Waals surface area contributed by atoms with E-state index in [1.165, 1.54) is 12.5 Å². The van der Waals surface area contributed by atoms with Crippen LogP contribution in [0.15, 0.2) is 35.1 Å². The van der Waals surface area contributed by atoms with Crippen molar-refractivity contribution in [2.75, 3.05) is 11.1 Å². The molecule has 0 aliphatic carbocycles. The first-order chi connectivity index (χ1) is 8.20. The Balaban J connectivity index is 2.14. The maximum Gasteiger partial charge on any atom is 0.260 e. The fraction of sp³-hybridized carbons (Fsp3) is 0.167. The highest BCUT2D eigenvalue weighted by Gasteiger charge is 2.13. The molecule has 1 amide bonds. The van der Waals surface area contributed by atoms with Crippen LogP contribution in [0.5, 0.6) is 0 Å². The van der Waals surface area contributed by atoms with Crippen molar-refractivity contribution in [1.82, 2.24) is 4.98 Å². The normalized spacial score (nSPS) is 10.2. The van der Waals surface area contributed by atoms with Gasteiger partial charge in [-0.15, -0.1) is 0 Å². The van der Waals surface area contributed by atoms with Crippen LogP contribution in [0.1, 0.15) is 23.0 Å². The summed E-state index contributed by atoms with van der Waals surface area (Å²) in [4.78, 5) is 15.9. The molecule has 5 heteroatoms. The van der Waals surface area contributed by atoms with E-state index in [0.717, 1.165) is 0 Å². The molecule has 0 aliphatic heterocycles. The number of carbonyl (C=O) groups is 1. The molecule has 0 saturated carbocycles. The average Bonchev–Trinajstić information content (AvgIpc) is 2.80. The van der Waals surface area contributed by atoms with E-state index < -0.39 is 0 Å². The Hall–Kier alpha value is -2.30. The second-order valence-electron chi connectivity index (χ2n) is 3.54. The summed E-state index contributed by atoms with van der Waals surface area (Å²) in [5.41, 5.74) is 6.60. The van der Waals surface area contributed by atoms with E-state index in [0.29, 0.717) is 29.2 Å². The zero-order valence-electron chi connectivity index (χ0n) is 9.43. The summed E-state index contributed by atoms with van der Waals surface area (Å²) in [5.74, 6) is 0.901. The second-order valence-corrected chi connectivity index (χ2v) is 3.54. The van der Waals surface area contributed by atoms with E-state index in [4.69, 9.17) is 10.2 Å². The topological polar surface area (TPSA) is 81.2 Å². The third-order valence-electron chi connectivity index (χ3n) is 2.34. The van der Waals surface area contributed by atoms with E-state index in [1.807, 2.05) is 6.92 Å². The first kappa shape index (κ1) is 11.2. The van der Waals surface area contributed by atoms with Crippen LogP contribution in [0.4, 0.5) is 11.5 Å². The van der Waals surface area contributed by atoms with Crippen molar-refractivity contribution in [1.29, 1.82) is 0 Å². The van der Waals surface area contributed by atoms with Gasteiger partial charge in [-0.25, -0.2) is 4.98 Å². The first-order valence-electron chi connectivity index (χ1n) is 5.30. The monoisotopic (exact) mass is 231 g/mol. The number of pyridine rings is 1. The van der Waals surface area contributed by atoms with Crippen molar-refractivity contribution < 1.29 is 9.21 Å². The molecule has 0 fully saturated rings. The molecule has 0 unspecified atom stereocenters. The van der Waals surface area contributed by atoms with Crippen LogP contribution >= 0.6 is 0 Å². The van der Waals surface area contributed by atoms with E-state index in [2.05, 4.69) is 10.3 Å². The van der Waals surface area contributed by atoms with Crippen molar-refractivity contribution in [3.8, 4) is 0 Å². The Morgan fingerprint density at radius 3 is 2.94 bits per heavy atom. The number of amides is 1. The van der Waals surface area contributed by atoms with Crippen molar-refractivity contribution in [3.63, 3.8) is 0 Å². The highest BCUT2D eigenvalue weighted by molar-refractivity contribution is 6.04. The Morgan fingerprint density at radius 1 is 1.47 bits per heavy atom. The van der Waals surface area contributed by atoms with Gasteiger partial charge >= 0.3 is 0 Å². The van der Waals surface area contributed by atoms with Crippen LogP contribution in [0.2, 0.25) is 0 Å². The molecule has 2 aromatic rings. The number of nitrogens with one attached hydrogen (secondary N) is 1. The van der Waals surface area contributed by atoms with Crippen molar-refractivity contribution in [3.05, 3.63) is 42.0 Å². The lowest BCUT2D eigenvalue weighted by Crippen LogP contribution is -2.13. The van der Waals surface area contributed by atoms with Gasteiger partial charge in [0.2, 0.25) is 0 Å². The summed E-state index contributed by atoms with van der Waals surface area (Å²) in [6, 6.07) is 4.98. The number of hydrogen-bond acceptors (Lipinski definition) is 4. The molecule has 2 rings (SSSR count). The summed E-state index contributed by atoms with van der Waals surface area (Å²) in [6.45, 7) is 1.93. The minimum Gasteiger partial charge on any atom is -0.469 e. The number of aromatic nitrogens is 1. The zero-order chi connectivity index (χ0) is 12.3. The highest BCUT2D eigenvalue weighted by atomic mass is 16.3. The fourth-order valence-electron chi connectivity index (χ4n) is 1.48. The van der Waals surface area contributed by atoms with Gasteiger partial charge < -0.3 is 15.5 Å². The van der Waals surface area contributed by atoms with Gasteiger partial charge in [0.05, 0.1) is 23.7 Å². The van der Waals surface area contributed by atoms with Gasteiger partial charge in [0, 0.05) is 6.42 Å². The largest absolute Gasteiger partial charge is 0.469 e. The third kappa shape index (κ3) is 2.44. The van der Waals surface area contributed by atoms with Gasteiger partial charge in [-0.3, -0.25) is 4.79 Å². The quantitative estimate of drug-likeness (QED) is 0.847. The fourth-order valence-corrected chi connectivity index (χ4v) is 1.48. The minimum absolute atomic E-state index is 0.229. The number of anilines is 2. The predicted octanol–water partition coefficient (Wildman–Crippen LogP) is 2.07. The molecule has 0 aliphatic rings. The molecule has 0 saturated heterocycles. The zero-order valence-corrected chi connectivity index (χ0v) is 9.43. The molecule has 17 heavy (non-hydrogen) atoms. The van der Waals surface area contributed by atoms with Crippen LogP contribution in [-0.2, 0) is 6.42 Å². The van der Waals surface area contributed by atoms with Crippen molar-refractivity contribution >= 4 is 17.4 Å². The number of rotatable bonds is 3. The first-order valence-corrected chi connectivity index (χ1v) is 5.30. The smallest absolute Gasteiger partial charge is 0.260 e. The highest BCUT2D eigenvalue weighted by Crippen LogP contribution is 2.14. The average molecular weight is 231 g/mol. The molecule has 0 spiro atoms. The number of hydrogen-bond donors (Lipinski definition) is 2. The van der Waals surface area contributed by atoms with Gasteiger partial charge in [-0.05, 0) is 18.2 Å². The maximum absolute atomic E-state index is 11.9. The standard InChI is InChI=1S/C12H13N3O2/c1-2-10-9(5-6-17-10)12(16)15-11-4-3-8(13)7-14-11/h3-7H,2,13H2,1H3,(H,14,15,16). The number of furan rings is 1. The molecule has 0 atom stereocenters. The van der Waals surface area contributed by atoms with Gasteiger partial charge in [-0.1, -0.05) is 6.92 Å². The summed E-state index contributed by atoms with van der Waals surface area (Å²) >= 11 is 0. The number of nitrogens with zero attached hydrogens (tertiary/aromatic N) is 1. The number of nitrogens with two attached hydrogens (primary N) is 1. The Morgan fingerprint density at radius 2 is 2.29 bits per heavy atom. The predicted molar refractivity (Wildman–Crippen MR) is 64.7 cm³/mol. The second kappa shape index (κ2) is 4.69. The number of carbonyl (C=O) groups excluding carboxylic acids is 1. The molecule has 3 N–H and O–H groups in total. The van der Waals surface area contributed by atoms with Gasteiger partial charge in [0.1, 0.15) is 11.6 Å². The van der Waals surface area contributed by atoms with Gasteiger partial charge in [-0.2, -0.15) is 0 Å². The van der Waals surface area contributed by atoms with E-state index in [1.54, 1.807) is 18.2 Å². The summed E-state index contributed by atoms with van der Waals surface area (Å²) < 4.78 is 5.19. The van der Waals surface area contributed by atoms with Gasteiger partial charge in [0.15, 0.2) is 0 Å². The Labute approximate surface area is 98.6 Å². The molecule has 2 heterocycles. The lowest BCUT2D eigenvalue weighted by molar-refractivity contribution is 0.102. The van der Waals surface area contributed by atoms with Crippen LogP contribution < -0.4 is 11.1 Å². The number of nitrogen functional groups attached to an aromatic ring is 1. The Kier molecular flexibility index (Phi) is 3.09. The van der Waals surface area contributed by atoms with E-state index >= 15 is 0 Å². The van der Waals surface area contributed by atoms with Crippen LogP contribution in [0, 0.1) is 0 Å². The molecule has 0 bridgehead atoms. The molecule has 0 radical (unpaired) electrons. The van der Waals surface area contributed by atoms with Crippen LogP contribution in [0.25, 0.3) is 0 Å². The van der Waals surface area contributed by atoms with Crippen LogP contribution in [0.3, 0.4) is 0 Å². The lowest BCUT2D eigenvalue weighted by Gasteiger charge is -2.03. The third-order valence-corrected chi connectivity index (χ3v) is 2.34. The molecule has 2 aromatic heterocycles. The summed E-state index contributed by atoms with van der Waals surface area (Å²) in [7, 11) is 0. The van der Waals surface area contributed by atoms with E-state index in [9.17, 15) is 4.79 Å². The van der Waals surface area contributed by atoms with Crippen LogP contribution in [-0.4, -0.2) is 10.9 Å². The molecule has 5 nitrogen and oxygen atoms in total. The molecule has 0 aromatic carbocycles. The number of aryl methyl sites for hydroxylation is 1. The lowest BCUT2D eigenvalue weighted by atomic mass is 10.2. The van der Waals surface area contributed by atoms with Crippen molar-refractivity contribution in [2.45, 2.75) is 13.3 Å².